The Bertz CT molecular complexity index is 285. The van der Waals surface area contributed by atoms with E-state index in [0.717, 1.165) is 19.5 Å². The lowest BCUT2D eigenvalue weighted by Gasteiger charge is -2.19. The van der Waals surface area contributed by atoms with Crippen molar-refractivity contribution in [2.75, 3.05) is 6.54 Å². The monoisotopic (exact) mass is 237 g/mol. The number of aromatic nitrogens is 2. The number of imidazole rings is 1. The molecule has 3 heteroatoms. The van der Waals surface area contributed by atoms with Crippen LogP contribution < -0.4 is 5.32 Å². The fourth-order valence-electron chi connectivity index (χ4n) is 2.11. The Morgan fingerprint density at radius 3 is 2.71 bits per heavy atom. The van der Waals surface area contributed by atoms with Crippen molar-refractivity contribution in [3.63, 3.8) is 0 Å². The van der Waals surface area contributed by atoms with E-state index in [1.54, 1.807) is 0 Å². The normalized spacial score (nSPS) is 12.9. The predicted molar refractivity (Wildman–Crippen MR) is 73.1 cm³/mol. The summed E-state index contributed by atoms with van der Waals surface area (Å²) in [6, 6.07) is 0.427. The number of nitrogens with one attached hydrogen (secondary N) is 1. The summed E-state index contributed by atoms with van der Waals surface area (Å²) in [5.74, 6) is 1.22. The highest BCUT2D eigenvalue weighted by atomic mass is 15.1. The molecule has 0 bridgehead atoms. The third-order valence-electron chi connectivity index (χ3n) is 3.01. The lowest BCUT2D eigenvalue weighted by Crippen LogP contribution is -2.25. The summed E-state index contributed by atoms with van der Waals surface area (Å²) in [6.45, 7) is 8.82. The van der Waals surface area contributed by atoms with Gasteiger partial charge in [-0.3, -0.25) is 0 Å². The molecule has 1 aromatic rings. The van der Waals surface area contributed by atoms with Gasteiger partial charge in [-0.25, -0.2) is 4.98 Å². The van der Waals surface area contributed by atoms with Crippen LogP contribution in [-0.4, -0.2) is 16.1 Å². The molecule has 0 spiro atoms. The molecule has 0 aliphatic heterocycles. The Labute approximate surface area is 106 Å². The molecule has 1 atom stereocenters. The molecule has 0 fully saturated rings. The van der Waals surface area contributed by atoms with Gasteiger partial charge in [0.15, 0.2) is 0 Å². The second-order valence-electron chi connectivity index (χ2n) is 4.63. The SMILES string of the molecule is CCCCC(NCCC)c1nccn1CCC. The highest BCUT2D eigenvalue weighted by Gasteiger charge is 2.15. The Balaban J connectivity index is 2.68. The van der Waals surface area contributed by atoms with Gasteiger partial charge >= 0.3 is 0 Å². The van der Waals surface area contributed by atoms with Gasteiger partial charge in [0.25, 0.3) is 0 Å². The minimum Gasteiger partial charge on any atom is -0.334 e. The predicted octanol–water partition coefficient (Wildman–Crippen LogP) is 3.52. The Kier molecular flexibility index (Phi) is 6.94. The van der Waals surface area contributed by atoms with Crippen molar-refractivity contribution in [2.24, 2.45) is 0 Å². The fraction of sp³-hybridized carbons (Fsp3) is 0.786. The van der Waals surface area contributed by atoms with Crippen molar-refractivity contribution in [1.82, 2.24) is 14.9 Å². The van der Waals surface area contributed by atoms with E-state index >= 15 is 0 Å². The van der Waals surface area contributed by atoms with E-state index in [-0.39, 0.29) is 0 Å². The smallest absolute Gasteiger partial charge is 0.125 e. The van der Waals surface area contributed by atoms with E-state index in [1.165, 1.54) is 31.5 Å². The second-order valence-corrected chi connectivity index (χ2v) is 4.63. The van der Waals surface area contributed by atoms with Crippen LogP contribution >= 0.6 is 0 Å². The summed E-state index contributed by atoms with van der Waals surface area (Å²) in [6.07, 6.45) is 10.1. The number of hydrogen-bond donors (Lipinski definition) is 1. The third kappa shape index (κ3) is 4.50. The van der Waals surface area contributed by atoms with Crippen molar-refractivity contribution in [1.29, 1.82) is 0 Å². The third-order valence-corrected chi connectivity index (χ3v) is 3.01. The van der Waals surface area contributed by atoms with Crippen LogP contribution in [0.15, 0.2) is 12.4 Å². The van der Waals surface area contributed by atoms with Crippen LogP contribution in [-0.2, 0) is 6.54 Å². The maximum Gasteiger partial charge on any atom is 0.125 e. The molecule has 98 valence electrons. The highest BCUT2D eigenvalue weighted by molar-refractivity contribution is 4.99. The van der Waals surface area contributed by atoms with Crippen LogP contribution in [0.2, 0.25) is 0 Å². The van der Waals surface area contributed by atoms with Crippen LogP contribution in [0.25, 0.3) is 0 Å². The van der Waals surface area contributed by atoms with Gasteiger partial charge in [-0.15, -0.1) is 0 Å². The second kappa shape index (κ2) is 8.29. The van der Waals surface area contributed by atoms with E-state index in [2.05, 4.69) is 41.8 Å². The first-order valence-electron chi connectivity index (χ1n) is 7.07. The van der Waals surface area contributed by atoms with Gasteiger partial charge in [-0.2, -0.15) is 0 Å². The van der Waals surface area contributed by atoms with E-state index in [0.29, 0.717) is 6.04 Å². The summed E-state index contributed by atoms with van der Waals surface area (Å²) in [5.41, 5.74) is 0. The van der Waals surface area contributed by atoms with Gasteiger partial charge in [-0.05, 0) is 25.8 Å². The van der Waals surface area contributed by atoms with Gasteiger partial charge in [0.1, 0.15) is 5.82 Å². The molecule has 0 aromatic carbocycles. The zero-order valence-corrected chi connectivity index (χ0v) is 11.6. The summed E-state index contributed by atoms with van der Waals surface area (Å²) >= 11 is 0. The van der Waals surface area contributed by atoms with E-state index in [4.69, 9.17) is 0 Å². The van der Waals surface area contributed by atoms with Crippen molar-refractivity contribution < 1.29 is 0 Å². The number of hydrogen-bond acceptors (Lipinski definition) is 2. The van der Waals surface area contributed by atoms with E-state index in [1.807, 2.05) is 6.20 Å². The molecule has 0 aliphatic carbocycles. The summed E-state index contributed by atoms with van der Waals surface area (Å²) in [5, 5.41) is 3.62. The number of aryl methyl sites for hydroxylation is 1. The van der Waals surface area contributed by atoms with Gasteiger partial charge in [0.2, 0.25) is 0 Å². The first-order chi connectivity index (χ1) is 8.33. The average Bonchev–Trinajstić information content (AvgIpc) is 2.78. The van der Waals surface area contributed by atoms with Gasteiger partial charge in [0, 0.05) is 18.9 Å². The maximum atomic E-state index is 4.54. The standard InChI is InChI=1S/C14H27N3/c1-4-7-8-13(15-9-5-2)14-16-10-12-17(14)11-6-3/h10,12-13,15H,4-9,11H2,1-3H3. The summed E-state index contributed by atoms with van der Waals surface area (Å²) < 4.78 is 2.29. The van der Waals surface area contributed by atoms with Crippen molar-refractivity contribution >= 4 is 0 Å². The Hall–Kier alpha value is -0.830. The topological polar surface area (TPSA) is 29.9 Å². The molecule has 1 rings (SSSR count). The van der Waals surface area contributed by atoms with Gasteiger partial charge in [0.05, 0.1) is 6.04 Å². The molecule has 1 unspecified atom stereocenters. The maximum absolute atomic E-state index is 4.54. The molecule has 0 saturated carbocycles. The molecule has 1 aromatic heterocycles. The van der Waals surface area contributed by atoms with Crippen LogP contribution in [0.3, 0.4) is 0 Å². The number of unbranched alkanes of at least 4 members (excludes halogenated alkanes) is 1. The largest absolute Gasteiger partial charge is 0.334 e. The van der Waals surface area contributed by atoms with Crippen molar-refractivity contribution in [3.05, 3.63) is 18.2 Å². The molecule has 0 saturated heterocycles. The van der Waals surface area contributed by atoms with Crippen molar-refractivity contribution in [3.8, 4) is 0 Å². The average molecular weight is 237 g/mol. The van der Waals surface area contributed by atoms with Crippen LogP contribution in [0.4, 0.5) is 0 Å². The highest BCUT2D eigenvalue weighted by Crippen LogP contribution is 2.18. The first-order valence-corrected chi connectivity index (χ1v) is 7.07. The zero-order valence-electron chi connectivity index (χ0n) is 11.6. The fourth-order valence-corrected chi connectivity index (χ4v) is 2.11. The quantitative estimate of drug-likeness (QED) is 0.712. The number of nitrogens with zero attached hydrogens (tertiary/aromatic N) is 2. The molecule has 0 radical (unpaired) electrons. The summed E-state index contributed by atoms with van der Waals surface area (Å²) in [4.78, 5) is 4.54. The first kappa shape index (κ1) is 14.2. The van der Waals surface area contributed by atoms with E-state index < -0.39 is 0 Å². The van der Waals surface area contributed by atoms with E-state index in [9.17, 15) is 0 Å². The van der Waals surface area contributed by atoms with Crippen molar-refractivity contribution in [2.45, 2.75) is 65.5 Å². The molecule has 0 aliphatic rings. The molecule has 1 N–H and O–H groups in total. The molecule has 1 heterocycles. The lowest BCUT2D eigenvalue weighted by atomic mass is 10.1. The zero-order chi connectivity index (χ0) is 12.5. The molecule has 17 heavy (non-hydrogen) atoms. The minimum atomic E-state index is 0.427. The van der Waals surface area contributed by atoms with Crippen LogP contribution in [0.5, 0.6) is 0 Å². The summed E-state index contributed by atoms with van der Waals surface area (Å²) in [7, 11) is 0. The van der Waals surface area contributed by atoms with Crippen LogP contribution in [0.1, 0.15) is 64.7 Å². The molecular weight excluding hydrogens is 210 g/mol. The van der Waals surface area contributed by atoms with Crippen LogP contribution in [0, 0.1) is 0 Å². The Morgan fingerprint density at radius 2 is 2.06 bits per heavy atom. The molecule has 0 amide bonds. The minimum absolute atomic E-state index is 0.427. The number of rotatable bonds is 9. The molecule has 3 nitrogen and oxygen atoms in total. The van der Waals surface area contributed by atoms with Gasteiger partial charge in [-0.1, -0.05) is 33.6 Å². The Morgan fingerprint density at radius 1 is 1.24 bits per heavy atom. The molecular formula is C14H27N3. The lowest BCUT2D eigenvalue weighted by molar-refractivity contribution is 0.440. The van der Waals surface area contributed by atoms with Gasteiger partial charge < -0.3 is 9.88 Å².